The molecule has 1 aromatic carbocycles. The first-order valence-electron chi connectivity index (χ1n) is 8.05. The summed E-state index contributed by atoms with van der Waals surface area (Å²) in [6, 6.07) is 12.6. The second-order valence-electron chi connectivity index (χ2n) is 5.70. The third-order valence-electron chi connectivity index (χ3n) is 4.29. The highest BCUT2D eigenvalue weighted by molar-refractivity contribution is 5.54. The van der Waals surface area contributed by atoms with Crippen molar-refractivity contribution in [3.05, 3.63) is 47.4 Å². The molecular weight excluding hydrogens is 286 g/mol. The van der Waals surface area contributed by atoms with Crippen molar-refractivity contribution >= 4 is 11.5 Å². The van der Waals surface area contributed by atoms with Gasteiger partial charge in [0.1, 0.15) is 6.07 Å². The van der Waals surface area contributed by atoms with Crippen LogP contribution in [0.2, 0.25) is 0 Å². The van der Waals surface area contributed by atoms with Gasteiger partial charge in [-0.2, -0.15) is 5.26 Å². The molecule has 1 aromatic heterocycles. The maximum Gasteiger partial charge on any atom is 0.183 e. The summed E-state index contributed by atoms with van der Waals surface area (Å²) in [4.78, 5) is 13.7. The number of nitriles is 1. The van der Waals surface area contributed by atoms with Gasteiger partial charge in [0.25, 0.3) is 0 Å². The van der Waals surface area contributed by atoms with E-state index in [0.29, 0.717) is 5.69 Å². The van der Waals surface area contributed by atoms with E-state index in [1.165, 1.54) is 5.69 Å². The van der Waals surface area contributed by atoms with Gasteiger partial charge in [-0.3, -0.25) is 0 Å². The van der Waals surface area contributed by atoms with Gasteiger partial charge in [0, 0.05) is 31.9 Å². The van der Waals surface area contributed by atoms with Gasteiger partial charge in [0.15, 0.2) is 11.5 Å². The number of piperazine rings is 1. The fourth-order valence-corrected chi connectivity index (χ4v) is 2.99. The van der Waals surface area contributed by atoms with Crippen LogP contribution in [0.5, 0.6) is 0 Å². The number of hydrogen-bond donors (Lipinski definition) is 0. The molecule has 1 fully saturated rings. The Kier molecular flexibility index (Phi) is 4.42. The Morgan fingerprint density at radius 3 is 2.30 bits per heavy atom. The number of rotatable bonds is 3. The molecule has 118 valence electrons. The van der Waals surface area contributed by atoms with Gasteiger partial charge in [-0.05, 0) is 25.5 Å². The minimum atomic E-state index is 0.445. The summed E-state index contributed by atoms with van der Waals surface area (Å²) in [5.41, 5.74) is 3.53. The number of aryl methyl sites for hydroxylation is 2. The van der Waals surface area contributed by atoms with Gasteiger partial charge in [-0.25, -0.2) is 9.97 Å². The van der Waals surface area contributed by atoms with Crippen LogP contribution < -0.4 is 9.80 Å². The van der Waals surface area contributed by atoms with E-state index in [1.807, 2.05) is 19.9 Å². The summed E-state index contributed by atoms with van der Waals surface area (Å²) in [5.74, 6) is 0.731. The zero-order chi connectivity index (χ0) is 16.2. The fourth-order valence-electron chi connectivity index (χ4n) is 2.99. The standard InChI is InChI=1S/C18H21N5/c1-3-16-14(2)20-18(17(13-19)21-16)23-11-9-22(10-12-23)15-7-5-4-6-8-15/h4-8H,3,9-12H2,1-2H3. The van der Waals surface area contributed by atoms with E-state index in [4.69, 9.17) is 0 Å². The molecule has 0 spiro atoms. The first kappa shape index (κ1) is 15.3. The van der Waals surface area contributed by atoms with E-state index in [9.17, 15) is 5.26 Å². The summed E-state index contributed by atoms with van der Waals surface area (Å²) in [6.07, 6.45) is 0.801. The first-order valence-corrected chi connectivity index (χ1v) is 8.05. The topological polar surface area (TPSA) is 56.1 Å². The minimum absolute atomic E-state index is 0.445. The largest absolute Gasteiger partial charge is 0.368 e. The Labute approximate surface area is 137 Å². The van der Waals surface area contributed by atoms with Crippen LogP contribution in [0, 0.1) is 18.3 Å². The lowest BCUT2D eigenvalue weighted by molar-refractivity contribution is 0.643. The predicted molar refractivity (Wildman–Crippen MR) is 91.7 cm³/mol. The van der Waals surface area contributed by atoms with E-state index >= 15 is 0 Å². The first-order chi connectivity index (χ1) is 11.2. The van der Waals surface area contributed by atoms with Crippen LogP contribution in [-0.4, -0.2) is 36.1 Å². The zero-order valence-electron chi connectivity index (χ0n) is 13.7. The van der Waals surface area contributed by atoms with Gasteiger partial charge < -0.3 is 9.80 Å². The molecular formula is C18H21N5. The number of nitrogens with zero attached hydrogens (tertiary/aromatic N) is 5. The van der Waals surface area contributed by atoms with E-state index in [-0.39, 0.29) is 0 Å². The molecule has 0 radical (unpaired) electrons. The molecule has 0 aliphatic carbocycles. The highest BCUT2D eigenvalue weighted by Crippen LogP contribution is 2.22. The molecule has 5 heteroatoms. The number of anilines is 2. The molecule has 1 saturated heterocycles. The lowest BCUT2D eigenvalue weighted by atomic mass is 10.2. The molecule has 0 saturated carbocycles. The summed E-state index contributed by atoms with van der Waals surface area (Å²) in [7, 11) is 0. The average Bonchev–Trinajstić information content (AvgIpc) is 2.62. The quantitative estimate of drug-likeness (QED) is 0.872. The summed E-state index contributed by atoms with van der Waals surface area (Å²) in [6.45, 7) is 7.55. The molecule has 0 unspecified atom stereocenters. The van der Waals surface area contributed by atoms with Crippen molar-refractivity contribution in [1.29, 1.82) is 5.26 Å². The Morgan fingerprint density at radius 2 is 1.70 bits per heavy atom. The van der Waals surface area contributed by atoms with E-state index in [2.05, 4.69) is 50.1 Å². The Bertz CT molecular complexity index is 712. The third kappa shape index (κ3) is 3.11. The molecule has 0 bridgehead atoms. The summed E-state index contributed by atoms with van der Waals surface area (Å²) < 4.78 is 0. The molecule has 0 atom stereocenters. The van der Waals surface area contributed by atoms with Crippen LogP contribution in [0.25, 0.3) is 0 Å². The molecule has 1 aliphatic heterocycles. The number of hydrogen-bond acceptors (Lipinski definition) is 5. The van der Waals surface area contributed by atoms with Crippen LogP contribution in [0.15, 0.2) is 30.3 Å². The van der Waals surface area contributed by atoms with Gasteiger partial charge in [0.05, 0.1) is 11.4 Å². The highest BCUT2D eigenvalue weighted by atomic mass is 15.3. The van der Waals surface area contributed by atoms with E-state index in [0.717, 1.165) is 49.8 Å². The SMILES string of the molecule is CCc1nc(C#N)c(N2CCN(c3ccccc3)CC2)nc1C. The van der Waals surface area contributed by atoms with Crippen LogP contribution >= 0.6 is 0 Å². The molecule has 23 heavy (non-hydrogen) atoms. The normalized spacial score (nSPS) is 14.7. The molecule has 3 rings (SSSR count). The third-order valence-corrected chi connectivity index (χ3v) is 4.29. The van der Waals surface area contributed by atoms with Gasteiger partial charge >= 0.3 is 0 Å². The van der Waals surface area contributed by atoms with Gasteiger partial charge in [0.2, 0.25) is 0 Å². The lowest BCUT2D eigenvalue weighted by Gasteiger charge is -2.37. The van der Waals surface area contributed by atoms with Crippen molar-refractivity contribution in [2.45, 2.75) is 20.3 Å². The predicted octanol–water partition coefficient (Wildman–Crippen LogP) is 2.55. The lowest BCUT2D eigenvalue weighted by Crippen LogP contribution is -2.47. The minimum Gasteiger partial charge on any atom is -0.368 e. The maximum absolute atomic E-state index is 9.40. The molecule has 5 nitrogen and oxygen atoms in total. The van der Waals surface area contributed by atoms with Crippen molar-refractivity contribution in [2.24, 2.45) is 0 Å². The van der Waals surface area contributed by atoms with Crippen molar-refractivity contribution in [3.8, 4) is 6.07 Å². The van der Waals surface area contributed by atoms with Crippen LogP contribution in [-0.2, 0) is 6.42 Å². The summed E-state index contributed by atoms with van der Waals surface area (Å²) in [5, 5.41) is 9.40. The van der Waals surface area contributed by atoms with Gasteiger partial charge in [-0.1, -0.05) is 25.1 Å². The number of benzene rings is 1. The average molecular weight is 307 g/mol. The summed E-state index contributed by atoms with van der Waals surface area (Å²) >= 11 is 0. The monoisotopic (exact) mass is 307 g/mol. The highest BCUT2D eigenvalue weighted by Gasteiger charge is 2.22. The van der Waals surface area contributed by atoms with Crippen LogP contribution in [0.3, 0.4) is 0 Å². The Hall–Kier alpha value is -2.61. The van der Waals surface area contributed by atoms with Crippen LogP contribution in [0.1, 0.15) is 24.0 Å². The van der Waals surface area contributed by atoms with Crippen LogP contribution in [0.4, 0.5) is 11.5 Å². The molecule has 0 amide bonds. The van der Waals surface area contributed by atoms with Crippen molar-refractivity contribution < 1.29 is 0 Å². The Morgan fingerprint density at radius 1 is 1.04 bits per heavy atom. The number of aromatic nitrogens is 2. The molecule has 2 aromatic rings. The van der Waals surface area contributed by atoms with E-state index < -0.39 is 0 Å². The molecule has 0 N–H and O–H groups in total. The van der Waals surface area contributed by atoms with E-state index in [1.54, 1.807) is 0 Å². The van der Waals surface area contributed by atoms with Crippen molar-refractivity contribution in [1.82, 2.24) is 9.97 Å². The second-order valence-corrected chi connectivity index (χ2v) is 5.70. The maximum atomic E-state index is 9.40. The smallest absolute Gasteiger partial charge is 0.183 e. The van der Waals surface area contributed by atoms with Crippen molar-refractivity contribution in [3.63, 3.8) is 0 Å². The second kappa shape index (κ2) is 6.66. The Balaban J connectivity index is 1.78. The van der Waals surface area contributed by atoms with Crippen molar-refractivity contribution in [2.75, 3.05) is 36.0 Å². The zero-order valence-corrected chi connectivity index (χ0v) is 13.7. The molecule has 2 heterocycles. The molecule has 1 aliphatic rings. The number of para-hydroxylation sites is 1. The van der Waals surface area contributed by atoms with Gasteiger partial charge in [-0.15, -0.1) is 0 Å². The fraction of sp³-hybridized carbons (Fsp3) is 0.389.